The first-order valence-electron chi connectivity index (χ1n) is 9.61. The number of carbonyl (C=O) groups excluding carboxylic acids is 2. The zero-order valence-corrected chi connectivity index (χ0v) is 15.4. The largest absolute Gasteiger partial charge is 0.384 e. The standard InChI is InChI=1S/C19H26N4O4/c20-16-4-3-14(12-21-16)17(24)22-7-5-19(6-8-22)13-23(9-11-27-19)18(25)15-2-1-10-26-15/h3-4,12,15H,1-2,5-11,13H2,(H2,20,21). The first kappa shape index (κ1) is 18.2. The number of ether oxygens (including phenoxy) is 2. The fraction of sp³-hybridized carbons (Fsp3) is 0.632. The van der Waals surface area contributed by atoms with Gasteiger partial charge in [-0.2, -0.15) is 0 Å². The van der Waals surface area contributed by atoms with Gasteiger partial charge in [0.05, 0.1) is 17.8 Å². The van der Waals surface area contributed by atoms with Crippen molar-refractivity contribution < 1.29 is 19.1 Å². The van der Waals surface area contributed by atoms with Gasteiger partial charge in [0.15, 0.2) is 0 Å². The van der Waals surface area contributed by atoms with Crippen LogP contribution in [0.2, 0.25) is 0 Å². The number of nitrogens with two attached hydrogens (primary N) is 1. The van der Waals surface area contributed by atoms with Crippen molar-refractivity contribution >= 4 is 17.6 Å². The minimum Gasteiger partial charge on any atom is -0.384 e. The van der Waals surface area contributed by atoms with Crippen molar-refractivity contribution in [2.24, 2.45) is 0 Å². The van der Waals surface area contributed by atoms with Crippen LogP contribution in [0.3, 0.4) is 0 Å². The molecule has 146 valence electrons. The van der Waals surface area contributed by atoms with Crippen molar-refractivity contribution in [3.05, 3.63) is 23.9 Å². The Balaban J connectivity index is 1.36. The third-order valence-electron chi connectivity index (χ3n) is 5.76. The topological polar surface area (TPSA) is 98.0 Å². The Labute approximate surface area is 158 Å². The summed E-state index contributed by atoms with van der Waals surface area (Å²) in [6.45, 7) is 3.60. The first-order valence-corrected chi connectivity index (χ1v) is 9.61. The molecule has 2 amide bonds. The van der Waals surface area contributed by atoms with Gasteiger partial charge in [-0.3, -0.25) is 9.59 Å². The fourth-order valence-corrected chi connectivity index (χ4v) is 4.14. The fourth-order valence-electron chi connectivity index (χ4n) is 4.14. The average molecular weight is 374 g/mol. The Kier molecular flexibility index (Phi) is 5.01. The van der Waals surface area contributed by atoms with Crippen LogP contribution in [0, 0.1) is 0 Å². The highest BCUT2D eigenvalue weighted by molar-refractivity contribution is 5.94. The van der Waals surface area contributed by atoms with Gasteiger partial charge in [-0.1, -0.05) is 0 Å². The van der Waals surface area contributed by atoms with Crippen LogP contribution in [0.1, 0.15) is 36.0 Å². The van der Waals surface area contributed by atoms with Crippen molar-refractivity contribution in [2.45, 2.75) is 37.4 Å². The van der Waals surface area contributed by atoms with Gasteiger partial charge in [0.1, 0.15) is 11.9 Å². The number of nitrogens with zero attached hydrogens (tertiary/aromatic N) is 3. The number of aromatic nitrogens is 1. The van der Waals surface area contributed by atoms with E-state index < -0.39 is 0 Å². The normalized spacial score (nSPS) is 25.0. The van der Waals surface area contributed by atoms with Crippen molar-refractivity contribution in [3.8, 4) is 0 Å². The molecule has 3 aliphatic heterocycles. The number of nitrogen functional groups attached to an aromatic ring is 1. The molecule has 4 heterocycles. The van der Waals surface area contributed by atoms with E-state index in [4.69, 9.17) is 15.2 Å². The highest BCUT2D eigenvalue weighted by Gasteiger charge is 2.43. The maximum Gasteiger partial charge on any atom is 0.255 e. The van der Waals surface area contributed by atoms with Gasteiger partial charge in [-0.25, -0.2) is 4.98 Å². The van der Waals surface area contributed by atoms with Gasteiger partial charge < -0.3 is 25.0 Å². The molecule has 2 N–H and O–H groups in total. The molecule has 0 aromatic carbocycles. The minimum absolute atomic E-state index is 0.0413. The molecule has 1 spiro atoms. The number of amides is 2. The van der Waals surface area contributed by atoms with E-state index >= 15 is 0 Å². The summed E-state index contributed by atoms with van der Waals surface area (Å²) in [6, 6.07) is 3.34. The van der Waals surface area contributed by atoms with E-state index in [0.29, 0.717) is 50.8 Å². The van der Waals surface area contributed by atoms with Crippen LogP contribution in [0.4, 0.5) is 5.82 Å². The van der Waals surface area contributed by atoms with Crippen molar-refractivity contribution in [3.63, 3.8) is 0 Å². The van der Waals surface area contributed by atoms with E-state index in [1.54, 1.807) is 12.1 Å². The lowest BCUT2D eigenvalue weighted by molar-refractivity contribution is -0.165. The van der Waals surface area contributed by atoms with Crippen LogP contribution in [0.5, 0.6) is 0 Å². The lowest BCUT2D eigenvalue weighted by Gasteiger charge is -2.47. The lowest BCUT2D eigenvalue weighted by atomic mass is 9.89. The summed E-state index contributed by atoms with van der Waals surface area (Å²) < 4.78 is 11.6. The Bertz CT molecular complexity index is 694. The molecule has 1 unspecified atom stereocenters. The summed E-state index contributed by atoms with van der Waals surface area (Å²) in [5.74, 6) is 0.442. The molecule has 3 fully saturated rings. The summed E-state index contributed by atoms with van der Waals surface area (Å²) in [6.07, 6.45) is 4.41. The van der Waals surface area contributed by atoms with Crippen LogP contribution in [-0.2, 0) is 14.3 Å². The molecule has 0 bridgehead atoms. The first-order chi connectivity index (χ1) is 13.1. The third kappa shape index (κ3) is 3.77. The van der Waals surface area contributed by atoms with Crippen LogP contribution in [0.25, 0.3) is 0 Å². The minimum atomic E-state index is -0.358. The van der Waals surface area contributed by atoms with Crippen LogP contribution in [0.15, 0.2) is 18.3 Å². The number of pyridine rings is 1. The molecule has 0 radical (unpaired) electrons. The molecule has 1 aromatic rings. The van der Waals surface area contributed by atoms with Crippen LogP contribution < -0.4 is 5.73 Å². The van der Waals surface area contributed by atoms with Crippen molar-refractivity contribution in [1.82, 2.24) is 14.8 Å². The smallest absolute Gasteiger partial charge is 0.255 e. The number of morpholine rings is 1. The van der Waals surface area contributed by atoms with Crippen LogP contribution in [-0.4, -0.2) is 77.7 Å². The van der Waals surface area contributed by atoms with E-state index in [1.807, 2.05) is 9.80 Å². The molecule has 4 rings (SSSR count). The second kappa shape index (κ2) is 7.44. The third-order valence-corrected chi connectivity index (χ3v) is 5.76. The van der Waals surface area contributed by atoms with Crippen LogP contribution >= 0.6 is 0 Å². The highest BCUT2D eigenvalue weighted by Crippen LogP contribution is 2.31. The summed E-state index contributed by atoms with van der Waals surface area (Å²) in [7, 11) is 0. The second-order valence-corrected chi connectivity index (χ2v) is 7.56. The number of piperidine rings is 1. The zero-order chi connectivity index (χ0) is 18.9. The highest BCUT2D eigenvalue weighted by atomic mass is 16.5. The molecule has 0 saturated carbocycles. The Hall–Kier alpha value is -2.19. The monoisotopic (exact) mass is 374 g/mol. The molecule has 1 aromatic heterocycles. The molecule has 8 heteroatoms. The summed E-state index contributed by atoms with van der Waals surface area (Å²) >= 11 is 0. The molecule has 3 saturated heterocycles. The number of carbonyl (C=O) groups is 2. The van der Waals surface area contributed by atoms with Gasteiger partial charge in [-0.15, -0.1) is 0 Å². The Morgan fingerprint density at radius 1 is 1.15 bits per heavy atom. The predicted octanol–water partition coefficient (Wildman–Crippen LogP) is 0.676. The number of hydrogen-bond acceptors (Lipinski definition) is 6. The summed E-state index contributed by atoms with van der Waals surface area (Å²) in [5, 5.41) is 0. The molecule has 3 aliphatic rings. The van der Waals surface area contributed by atoms with Gasteiger partial charge in [-0.05, 0) is 37.8 Å². The summed E-state index contributed by atoms with van der Waals surface area (Å²) in [5.41, 5.74) is 5.77. The maximum atomic E-state index is 12.7. The van der Waals surface area contributed by atoms with E-state index in [9.17, 15) is 9.59 Å². The zero-order valence-electron chi connectivity index (χ0n) is 15.4. The van der Waals surface area contributed by atoms with E-state index in [1.165, 1.54) is 6.20 Å². The molecular weight excluding hydrogens is 348 g/mol. The van der Waals surface area contributed by atoms with Gasteiger partial charge in [0.25, 0.3) is 11.8 Å². The Morgan fingerprint density at radius 2 is 1.96 bits per heavy atom. The SMILES string of the molecule is Nc1ccc(C(=O)N2CCC3(CC2)CN(C(=O)C2CCCO2)CCO3)cn1. The number of hydrogen-bond donors (Lipinski definition) is 1. The molecule has 0 aliphatic carbocycles. The molecule has 27 heavy (non-hydrogen) atoms. The molecule has 8 nitrogen and oxygen atoms in total. The van der Waals surface area contributed by atoms with Gasteiger partial charge in [0.2, 0.25) is 0 Å². The number of likely N-dealkylation sites (tertiary alicyclic amines) is 1. The van der Waals surface area contributed by atoms with Gasteiger partial charge >= 0.3 is 0 Å². The number of anilines is 1. The van der Waals surface area contributed by atoms with Crippen molar-refractivity contribution in [2.75, 3.05) is 45.1 Å². The van der Waals surface area contributed by atoms with Crippen molar-refractivity contribution in [1.29, 1.82) is 0 Å². The summed E-state index contributed by atoms with van der Waals surface area (Å²) in [4.78, 5) is 33.0. The van der Waals surface area contributed by atoms with E-state index in [2.05, 4.69) is 4.98 Å². The van der Waals surface area contributed by atoms with E-state index in [-0.39, 0.29) is 23.5 Å². The molecular formula is C19H26N4O4. The van der Waals surface area contributed by atoms with E-state index in [0.717, 1.165) is 25.7 Å². The predicted molar refractivity (Wildman–Crippen MR) is 98.0 cm³/mol. The lowest BCUT2D eigenvalue weighted by Crippen LogP contribution is -2.59. The molecule has 1 atom stereocenters. The maximum absolute atomic E-state index is 12.7. The Morgan fingerprint density at radius 3 is 2.63 bits per heavy atom. The quantitative estimate of drug-likeness (QED) is 0.817. The second-order valence-electron chi connectivity index (χ2n) is 7.56. The number of rotatable bonds is 2. The van der Waals surface area contributed by atoms with Gasteiger partial charge in [0, 0.05) is 39.0 Å². The average Bonchev–Trinajstić information content (AvgIpc) is 3.23.